The van der Waals surface area contributed by atoms with Crippen molar-refractivity contribution in [2.45, 2.75) is 13.5 Å². The highest BCUT2D eigenvalue weighted by molar-refractivity contribution is 6.17. The third-order valence-corrected chi connectivity index (χ3v) is 6.03. The third-order valence-electron chi connectivity index (χ3n) is 6.03. The van der Waals surface area contributed by atoms with Crippen molar-refractivity contribution in [1.82, 2.24) is 9.78 Å². The van der Waals surface area contributed by atoms with Crippen molar-refractivity contribution >= 4 is 34.6 Å². The number of Topliss-reactive ketones (excluding diaryl/α,β-unsaturated/α-hetero) is 1. The van der Waals surface area contributed by atoms with Crippen LogP contribution in [0.2, 0.25) is 0 Å². The summed E-state index contributed by atoms with van der Waals surface area (Å²) in [4.78, 5) is 71.4. The van der Waals surface area contributed by atoms with Crippen LogP contribution < -0.4 is 0 Å². The smallest absolute Gasteiger partial charge is 0.359 e. The van der Waals surface area contributed by atoms with E-state index in [-0.39, 0.29) is 51.6 Å². The minimum atomic E-state index is -0.993. The molecule has 1 heterocycles. The molecule has 0 aliphatic heterocycles. The van der Waals surface area contributed by atoms with E-state index in [1.54, 1.807) is 0 Å². The molecule has 0 saturated carbocycles. The first-order chi connectivity index (χ1) is 20.0. The van der Waals surface area contributed by atoms with Gasteiger partial charge in [0.25, 0.3) is 17.1 Å². The zero-order chi connectivity index (χ0) is 30.6. The molecule has 212 valence electrons. The van der Waals surface area contributed by atoms with Gasteiger partial charge in [-0.25, -0.2) is 4.79 Å². The molecular formula is C27H19N5O10. The van der Waals surface area contributed by atoms with Crippen molar-refractivity contribution in [2.75, 3.05) is 6.61 Å². The molecular weight excluding hydrogens is 554 g/mol. The molecule has 0 aliphatic carbocycles. The first-order valence-corrected chi connectivity index (χ1v) is 12.1. The molecule has 4 aromatic rings. The number of rotatable bonds is 11. The number of benzene rings is 3. The number of hydrogen-bond donors (Lipinski definition) is 0. The maximum Gasteiger partial charge on any atom is 0.359 e. The van der Waals surface area contributed by atoms with Crippen molar-refractivity contribution in [3.05, 3.63) is 126 Å². The molecule has 1 aromatic heterocycles. The molecule has 0 N–H and O–H groups in total. The van der Waals surface area contributed by atoms with Crippen LogP contribution in [-0.2, 0) is 11.3 Å². The molecule has 0 fully saturated rings. The second kappa shape index (κ2) is 12.0. The highest BCUT2D eigenvalue weighted by Gasteiger charge is 2.31. The van der Waals surface area contributed by atoms with Gasteiger partial charge in [0.2, 0.25) is 0 Å². The van der Waals surface area contributed by atoms with Gasteiger partial charge in [-0.2, -0.15) is 5.10 Å². The number of hydrogen-bond acceptors (Lipinski definition) is 11. The maximum atomic E-state index is 13.8. The van der Waals surface area contributed by atoms with Crippen LogP contribution in [0.5, 0.6) is 0 Å². The minimum Gasteiger partial charge on any atom is -0.461 e. The van der Waals surface area contributed by atoms with E-state index in [0.29, 0.717) is 0 Å². The van der Waals surface area contributed by atoms with Gasteiger partial charge < -0.3 is 4.74 Å². The average molecular weight is 573 g/mol. The second-order valence-corrected chi connectivity index (χ2v) is 8.61. The van der Waals surface area contributed by atoms with E-state index in [0.717, 1.165) is 41.1 Å². The molecule has 15 nitrogen and oxygen atoms in total. The summed E-state index contributed by atoms with van der Waals surface area (Å²) in [5.41, 5.74) is -1.37. The molecule has 0 atom stereocenters. The highest BCUT2D eigenvalue weighted by Crippen LogP contribution is 2.31. The SMILES string of the molecule is CCOC(=O)c1nn(CC(=O)c2ccc([N+](=O)[O-])cc2)c(-c2ccc([N+](=O)[O-])cc2)c1C(=O)c1ccc([N+](=O)[O-])cc1. The second-order valence-electron chi connectivity index (χ2n) is 8.61. The van der Waals surface area contributed by atoms with Crippen molar-refractivity contribution in [3.8, 4) is 11.3 Å². The molecule has 0 unspecified atom stereocenters. The van der Waals surface area contributed by atoms with Gasteiger partial charge in [0.05, 0.1) is 32.6 Å². The van der Waals surface area contributed by atoms with Crippen molar-refractivity contribution in [1.29, 1.82) is 0 Å². The fourth-order valence-corrected chi connectivity index (χ4v) is 4.04. The summed E-state index contributed by atoms with van der Waals surface area (Å²) in [6.45, 7) is 0.914. The lowest BCUT2D eigenvalue weighted by Gasteiger charge is -2.10. The standard InChI is InChI=1S/C27H19N5O10/c1-2-42-27(35)24-23(26(34)18-7-13-21(14-8-18)32(40)41)25(17-5-11-20(12-6-17)31(38)39)29(28-24)15-22(33)16-3-9-19(10-4-16)30(36)37/h3-14H,2,15H2,1H3. The van der Waals surface area contributed by atoms with Gasteiger partial charge >= 0.3 is 5.97 Å². The summed E-state index contributed by atoms with van der Waals surface area (Å²) < 4.78 is 6.16. The van der Waals surface area contributed by atoms with Crippen molar-refractivity contribution in [2.24, 2.45) is 0 Å². The Hall–Kier alpha value is -6.12. The van der Waals surface area contributed by atoms with Gasteiger partial charge in [-0.3, -0.25) is 44.6 Å². The summed E-state index contributed by atoms with van der Waals surface area (Å²) in [6, 6.07) is 14.3. The zero-order valence-corrected chi connectivity index (χ0v) is 21.7. The average Bonchev–Trinajstić information content (AvgIpc) is 3.36. The van der Waals surface area contributed by atoms with E-state index in [4.69, 9.17) is 4.74 Å². The highest BCUT2D eigenvalue weighted by atomic mass is 16.6. The number of aromatic nitrogens is 2. The fraction of sp³-hybridized carbons (Fsp3) is 0.111. The molecule has 0 radical (unpaired) electrons. The Labute approximate surface area is 235 Å². The fourth-order valence-electron chi connectivity index (χ4n) is 4.04. The molecule has 0 amide bonds. The molecule has 0 saturated heterocycles. The number of nitro benzene ring substituents is 3. The van der Waals surface area contributed by atoms with Crippen LogP contribution >= 0.6 is 0 Å². The molecule has 0 bridgehead atoms. The van der Waals surface area contributed by atoms with Gasteiger partial charge in [-0.1, -0.05) is 0 Å². The summed E-state index contributed by atoms with van der Waals surface area (Å²) in [5, 5.41) is 37.5. The number of carbonyl (C=O) groups is 3. The summed E-state index contributed by atoms with van der Waals surface area (Å²) in [7, 11) is 0. The van der Waals surface area contributed by atoms with Gasteiger partial charge in [-0.15, -0.1) is 0 Å². The number of ether oxygens (including phenoxy) is 1. The number of nitro groups is 3. The first kappa shape index (κ1) is 28.9. The number of non-ortho nitro benzene ring substituents is 3. The van der Waals surface area contributed by atoms with Crippen molar-refractivity contribution < 1.29 is 33.9 Å². The van der Waals surface area contributed by atoms with E-state index in [1.165, 1.54) is 43.3 Å². The number of carbonyl (C=O) groups excluding carboxylic acids is 3. The van der Waals surface area contributed by atoms with E-state index < -0.39 is 44.5 Å². The Balaban J connectivity index is 1.90. The molecule has 3 aromatic carbocycles. The quantitative estimate of drug-likeness (QED) is 0.105. The van der Waals surface area contributed by atoms with Gasteiger partial charge in [-0.05, 0) is 43.3 Å². The Morgan fingerprint density at radius 1 is 0.738 bits per heavy atom. The number of nitrogens with zero attached hydrogens (tertiary/aromatic N) is 5. The van der Waals surface area contributed by atoms with Crippen LogP contribution in [0.15, 0.2) is 72.8 Å². The van der Waals surface area contributed by atoms with Gasteiger partial charge in [0.1, 0.15) is 6.54 Å². The van der Waals surface area contributed by atoms with Gasteiger partial charge in [0.15, 0.2) is 17.3 Å². The monoisotopic (exact) mass is 573 g/mol. The van der Waals surface area contributed by atoms with Crippen LogP contribution in [0, 0.1) is 30.3 Å². The summed E-state index contributed by atoms with van der Waals surface area (Å²) in [5.74, 6) is -2.36. The lowest BCUT2D eigenvalue weighted by molar-refractivity contribution is -0.385. The van der Waals surface area contributed by atoms with E-state index >= 15 is 0 Å². The Kier molecular flexibility index (Phi) is 8.22. The minimum absolute atomic E-state index is 0.0458. The van der Waals surface area contributed by atoms with Crippen LogP contribution in [0.3, 0.4) is 0 Å². The lowest BCUT2D eigenvalue weighted by atomic mass is 9.97. The third kappa shape index (κ3) is 5.89. The van der Waals surface area contributed by atoms with E-state index in [2.05, 4.69) is 5.10 Å². The summed E-state index contributed by atoms with van der Waals surface area (Å²) in [6.07, 6.45) is 0. The van der Waals surface area contributed by atoms with Crippen LogP contribution in [0.4, 0.5) is 17.1 Å². The summed E-state index contributed by atoms with van der Waals surface area (Å²) >= 11 is 0. The van der Waals surface area contributed by atoms with Gasteiger partial charge in [0, 0.05) is 53.1 Å². The zero-order valence-electron chi connectivity index (χ0n) is 21.7. The van der Waals surface area contributed by atoms with Crippen molar-refractivity contribution in [3.63, 3.8) is 0 Å². The molecule has 15 heteroatoms. The topological polar surface area (TPSA) is 208 Å². The predicted molar refractivity (Wildman–Crippen MR) is 144 cm³/mol. The Morgan fingerprint density at radius 3 is 1.64 bits per heavy atom. The first-order valence-electron chi connectivity index (χ1n) is 12.1. The molecule has 0 spiro atoms. The van der Waals surface area contributed by atoms with Crippen LogP contribution in [0.1, 0.15) is 43.7 Å². The van der Waals surface area contributed by atoms with Crippen LogP contribution in [0.25, 0.3) is 11.3 Å². The largest absolute Gasteiger partial charge is 0.461 e. The molecule has 4 rings (SSSR count). The Bertz CT molecular complexity index is 1730. The predicted octanol–water partition coefficient (Wildman–Crippen LogP) is 4.57. The molecule has 0 aliphatic rings. The van der Waals surface area contributed by atoms with E-state index in [1.807, 2.05) is 0 Å². The van der Waals surface area contributed by atoms with Crippen LogP contribution in [-0.4, -0.2) is 48.7 Å². The van der Waals surface area contributed by atoms with E-state index in [9.17, 15) is 44.7 Å². The number of esters is 1. The molecule has 42 heavy (non-hydrogen) atoms. The lowest BCUT2D eigenvalue weighted by Crippen LogP contribution is -2.14. The maximum absolute atomic E-state index is 13.8. The Morgan fingerprint density at radius 2 is 1.19 bits per heavy atom. The number of ketones is 2. The normalized spacial score (nSPS) is 10.6.